The SMILES string of the molecule is CCOC1CC(NC(=O)c2cc(COC)on2)(C(=O)O)C1(C)C. The lowest BCUT2D eigenvalue weighted by atomic mass is 9.54. The molecule has 0 spiro atoms. The van der Waals surface area contributed by atoms with Gasteiger partial charge in [-0.1, -0.05) is 19.0 Å². The van der Waals surface area contributed by atoms with Gasteiger partial charge in [0.25, 0.3) is 5.91 Å². The zero-order valence-corrected chi connectivity index (χ0v) is 13.7. The third kappa shape index (κ3) is 2.84. The predicted molar refractivity (Wildman–Crippen MR) is 78.9 cm³/mol. The third-order valence-corrected chi connectivity index (χ3v) is 4.53. The molecule has 2 atom stereocenters. The number of nitrogens with one attached hydrogen (secondary N) is 1. The van der Waals surface area contributed by atoms with E-state index < -0.39 is 22.8 Å². The maximum Gasteiger partial charge on any atom is 0.330 e. The van der Waals surface area contributed by atoms with E-state index in [-0.39, 0.29) is 24.8 Å². The molecule has 1 saturated carbocycles. The highest BCUT2D eigenvalue weighted by atomic mass is 16.5. The van der Waals surface area contributed by atoms with E-state index in [2.05, 4.69) is 10.5 Å². The molecule has 8 nitrogen and oxygen atoms in total. The molecule has 1 fully saturated rings. The van der Waals surface area contributed by atoms with Crippen LogP contribution in [0, 0.1) is 5.41 Å². The average molecular weight is 326 g/mol. The summed E-state index contributed by atoms with van der Waals surface area (Å²) >= 11 is 0. The van der Waals surface area contributed by atoms with E-state index in [4.69, 9.17) is 14.0 Å². The molecule has 8 heteroatoms. The first kappa shape index (κ1) is 17.4. The van der Waals surface area contributed by atoms with Crippen molar-refractivity contribution in [2.24, 2.45) is 5.41 Å². The molecule has 0 radical (unpaired) electrons. The zero-order chi connectivity index (χ0) is 17.3. The first-order valence-corrected chi connectivity index (χ1v) is 7.40. The van der Waals surface area contributed by atoms with Crippen molar-refractivity contribution >= 4 is 11.9 Å². The van der Waals surface area contributed by atoms with Crippen molar-refractivity contribution in [3.05, 3.63) is 17.5 Å². The lowest BCUT2D eigenvalue weighted by Gasteiger charge is -2.58. The second kappa shape index (κ2) is 6.29. The Bertz CT molecular complexity index is 597. The van der Waals surface area contributed by atoms with Gasteiger partial charge < -0.3 is 24.4 Å². The Morgan fingerprint density at radius 3 is 2.74 bits per heavy atom. The number of carboxylic acid groups (broad SMARTS) is 1. The number of hydrogen-bond donors (Lipinski definition) is 2. The van der Waals surface area contributed by atoms with Gasteiger partial charge in [0.2, 0.25) is 0 Å². The standard InChI is InChI=1S/C15H22N2O6/c1-5-22-11-7-15(13(19)20,14(11,2)3)16-12(18)10-6-9(8-21-4)23-17-10/h6,11H,5,7-8H2,1-4H3,(H,16,18)(H,19,20). The minimum Gasteiger partial charge on any atom is -0.479 e. The minimum absolute atomic E-state index is 0.0216. The Morgan fingerprint density at radius 1 is 1.52 bits per heavy atom. The Kier molecular flexibility index (Phi) is 4.76. The summed E-state index contributed by atoms with van der Waals surface area (Å²) < 4.78 is 15.4. The molecule has 2 unspecified atom stereocenters. The number of hydrogen-bond acceptors (Lipinski definition) is 6. The van der Waals surface area contributed by atoms with Gasteiger partial charge >= 0.3 is 5.97 Å². The number of methoxy groups -OCH3 is 1. The molecule has 1 aromatic rings. The molecule has 2 N–H and O–H groups in total. The quantitative estimate of drug-likeness (QED) is 0.774. The lowest BCUT2D eigenvalue weighted by molar-refractivity contribution is -0.190. The van der Waals surface area contributed by atoms with Crippen molar-refractivity contribution in [3.8, 4) is 0 Å². The van der Waals surface area contributed by atoms with Gasteiger partial charge in [-0.15, -0.1) is 0 Å². The largest absolute Gasteiger partial charge is 0.479 e. The molecule has 1 aliphatic carbocycles. The Balaban J connectivity index is 2.17. The number of ether oxygens (including phenoxy) is 2. The topological polar surface area (TPSA) is 111 Å². The van der Waals surface area contributed by atoms with E-state index in [9.17, 15) is 14.7 Å². The van der Waals surface area contributed by atoms with Crippen LogP contribution in [0.3, 0.4) is 0 Å². The van der Waals surface area contributed by atoms with E-state index in [1.54, 1.807) is 13.8 Å². The van der Waals surface area contributed by atoms with Crippen LogP contribution in [0.15, 0.2) is 10.6 Å². The van der Waals surface area contributed by atoms with Gasteiger partial charge in [0, 0.05) is 31.6 Å². The van der Waals surface area contributed by atoms with Crippen LogP contribution in [0.25, 0.3) is 0 Å². The van der Waals surface area contributed by atoms with Crippen LogP contribution < -0.4 is 5.32 Å². The summed E-state index contributed by atoms with van der Waals surface area (Å²) in [7, 11) is 1.49. The number of carbonyl (C=O) groups is 2. The van der Waals surface area contributed by atoms with E-state index in [1.807, 2.05) is 6.92 Å². The van der Waals surface area contributed by atoms with Gasteiger partial charge in [-0.25, -0.2) is 4.79 Å². The molecule has 128 valence electrons. The van der Waals surface area contributed by atoms with Crippen molar-refractivity contribution in [1.82, 2.24) is 10.5 Å². The van der Waals surface area contributed by atoms with Gasteiger partial charge in [-0.2, -0.15) is 0 Å². The Morgan fingerprint density at radius 2 is 2.22 bits per heavy atom. The van der Waals surface area contributed by atoms with Crippen LogP contribution in [-0.2, 0) is 20.9 Å². The van der Waals surface area contributed by atoms with Crippen molar-refractivity contribution in [1.29, 1.82) is 0 Å². The smallest absolute Gasteiger partial charge is 0.330 e. The van der Waals surface area contributed by atoms with E-state index in [0.29, 0.717) is 12.4 Å². The Labute approximate surface area is 134 Å². The predicted octanol–water partition coefficient (Wildman–Crippen LogP) is 1.21. The van der Waals surface area contributed by atoms with Crippen LogP contribution in [0.1, 0.15) is 43.4 Å². The molecule has 1 aliphatic rings. The number of amides is 1. The number of aromatic nitrogens is 1. The van der Waals surface area contributed by atoms with Crippen LogP contribution >= 0.6 is 0 Å². The van der Waals surface area contributed by atoms with Gasteiger partial charge in [-0.05, 0) is 6.92 Å². The summed E-state index contributed by atoms with van der Waals surface area (Å²) in [5, 5.41) is 15.9. The van der Waals surface area contributed by atoms with E-state index in [1.165, 1.54) is 13.2 Å². The van der Waals surface area contributed by atoms with Crippen LogP contribution in [-0.4, -0.2) is 47.5 Å². The Hall–Kier alpha value is -1.93. The molecular formula is C15H22N2O6. The molecule has 0 aliphatic heterocycles. The highest BCUT2D eigenvalue weighted by molar-refractivity contribution is 5.97. The summed E-state index contributed by atoms with van der Waals surface area (Å²) in [5.41, 5.74) is -2.12. The second-order valence-electron chi connectivity index (χ2n) is 6.15. The summed E-state index contributed by atoms with van der Waals surface area (Å²) in [5.74, 6) is -1.30. The molecule has 0 saturated heterocycles. The molecular weight excluding hydrogens is 304 g/mol. The fraction of sp³-hybridized carbons (Fsp3) is 0.667. The molecule has 1 amide bonds. The van der Waals surface area contributed by atoms with Gasteiger partial charge in [0.1, 0.15) is 12.1 Å². The fourth-order valence-corrected chi connectivity index (χ4v) is 2.93. The van der Waals surface area contributed by atoms with Crippen molar-refractivity contribution in [3.63, 3.8) is 0 Å². The third-order valence-electron chi connectivity index (χ3n) is 4.53. The molecule has 1 aromatic heterocycles. The number of rotatable bonds is 7. The number of nitrogens with zero attached hydrogens (tertiary/aromatic N) is 1. The maximum absolute atomic E-state index is 12.3. The highest BCUT2D eigenvalue weighted by Gasteiger charge is 2.66. The van der Waals surface area contributed by atoms with Crippen molar-refractivity contribution in [2.45, 2.75) is 45.4 Å². The van der Waals surface area contributed by atoms with Crippen molar-refractivity contribution in [2.75, 3.05) is 13.7 Å². The summed E-state index contributed by atoms with van der Waals surface area (Å²) in [4.78, 5) is 24.2. The molecule has 0 bridgehead atoms. The highest BCUT2D eigenvalue weighted by Crippen LogP contribution is 2.51. The number of aliphatic carboxylic acids is 1. The fourth-order valence-electron chi connectivity index (χ4n) is 2.93. The maximum atomic E-state index is 12.3. The van der Waals surface area contributed by atoms with Gasteiger partial charge in [0.15, 0.2) is 11.5 Å². The molecule has 1 heterocycles. The zero-order valence-electron chi connectivity index (χ0n) is 13.7. The first-order valence-electron chi connectivity index (χ1n) is 7.40. The summed E-state index contributed by atoms with van der Waals surface area (Å²) in [6.45, 7) is 6.06. The van der Waals surface area contributed by atoms with Gasteiger partial charge in [0.05, 0.1) is 6.10 Å². The van der Waals surface area contributed by atoms with Crippen LogP contribution in [0.4, 0.5) is 0 Å². The lowest BCUT2D eigenvalue weighted by Crippen LogP contribution is -2.76. The van der Waals surface area contributed by atoms with Gasteiger partial charge in [-0.3, -0.25) is 4.79 Å². The molecule has 23 heavy (non-hydrogen) atoms. The minimum atomic E-state index is -1.40. The number of carboxylic acids is 1. The average Bonchev–Trinajstić information content (AvgIpc) is 2.94. The number of carbonyl (C=O) groups excluding carboxylic acids is 1. The molecule has 2 rings (SSSR count). The monoisotopic (exact) mass is 326 g/mol. The van der Waals surface area contributed by atoms with Crippen molar-refractivity contribution < 1.29 is 28.7 Å². The first-order chi connectivity index (χ1) is 10.8. The van der Waals surface area contributed by atoms with Crippen LogP contribution in [0.2, 0.25) is 0 Å². The van der Waals surface area contributed by atoms with E-state index in [0.717, 1.165) is 0 Å². The normalized spacial score (nSPS) is 25.7. The second-order valence-corrected chi connectivity index (χ2v) is 6.15. The summed E-state index contributed by atoms with van der Waals surface area (Å²) in [6.07, 6.45) is -0.0252. The summed E-state index contributed by atoms with van der Waals surface area (Å²) in [6, 6.07) is 1.43. The van der Waals surface area contributed by atoms with E-state index >= 15 is 0 Å². The molecule has 0 aromatic carbocycles. The van der Waals surface area contributed by atoms with Crippen LogP contribution in [0.5, 0.6) is 0 Å².